The zero-order valence-electron chi connectivity index (χ0n) is 11.5. The Kier molecular flexibility index (Phi) is 4.35. The van der Waals surface area contributed by atoms with Crippen LogP contribution in [0.5, 0.6) is 0 Å². The number of hydrogen-bond donors (Lipinski definition) is 0. The minimum absolute atomic E-state index is 0.0123. The summed E-state index contributed by atoms with van der Waals surface area (Å²) in [6.07, 6.45) is 2.18. The lowest BCUT2D eigenvalue weighted by atomic mass is 10.1. The normalized spacial score (nSPS) is 17.6. The Hall–Kier alpha value is -1.99. The first kappa shape index (κ1) is 14.9. The number of esters is 1. The van der Waals surface area contributed by atoms with Crippen molar-refractivity contribution in [2.24, 2.45) is 5.92 Å². The van der Waals surface area contributed by atoms with E-state index in [4.69, 9.17) is 21.1 Å². The maximum atomic E-state index is 13.9. The van der Waals surface area contributed by atoms with E-state index in [2.05, 4.69) is 10.3 Å². The number of aromatic nitrogens is 3. The SMILES string of the molecule is O=C(OCC1CCOC1)c1cn(-c2cccc(Cl)c2F)nn1. The summed E-state index contributed by atoms with van der Waals surface area (Å²) in [6.45, 7) is 1.55. The Morgan fingerprint density at radius 2 is 2.41 bits per heavy atom. The molecule has 1 aliphatic heterocycles. The van der Waals surface area contributed by atoms with Crippen LogP contribution >= 0.6 is 11.6 Å². The fraction of sp³-hybridized carbons (Fsp3) is 0.357. The van der Waals surface area contributed by atoms with E-state index in [1.165, 1.54) is 18.3 Å². The van der Waals surface area contributed by atoms with Crippen LogP contribution in [0.2, 0.25) is 5.02 Å². The van der Waals surface area contributed by atoms with Crippen LogP contribution in [0.1, 0.15) is 16.9 Å². The molecule has 2 heterocycles. The quantitative estimate of drug-likeness (QED) is 0.807. The van der Waals surface area contributed by atoms with Gasteiger partial charge in [0.1, 0.15) is 5.69 Å². The third-order valence-corrected chi connectivity index (χ3v) is 3.65. The van der Waals surface area contributed by atoms with Crippen molar-refractivity contribution in [2.75, 3.05) is 19.8 Å². The fourth-order valence-electron chi connectivity index (χ4n) is 2.13. The average Bonchev–Trinajstić information content (AvgIpc) is 3.18. The van der Waals surface area contributed by atoms with Gasteiger partial charge in [0.25, 0.3) is 0 Å². The zero-order valence-corrected chi connectivity index (χ0v) is 12.3. The van der Waals surface area contributed by atoms with Crippen molar-refractivity contribution in [3.05, 3.63) is 40.9 Å². The van der Waals surface area contributed by atoms with E-state index < -0.39 is 11.8 Å². The molecule has 0 N–H and O–H groups in total. The van der Waals surface area contributed by atoms with Crippen LogP contribution in [0.15, 0.2) is 24.4 Å². The number of ether oxygens (including phenoxy) is 2. The molecule has 116 valence electrons. The van der Waals surface area contributed by atoms with E-state index in [1.807, 2.05) is 0 Å². The van der Waals surface area contributed by atoms with Gasteiger partial charge >= 0.3 is 5.97 Å². The monoisotopic (exact) mass is 325 g/mol. The van der Waals surface area contributed by atoms with E-state index in [-0.39, 0.29) is 28.9 Å². The van der Waals surface area contributed by atoms with Gasteiger partial charge in [-0.1, -0.05) is 22.9 Å². The lowest BCUT2D eigenvalue weighted by Gasteiger charge is -2.07. The van der Waals surface area contributed by atoms with Gasteiger partial charge in [-0.15, -0.1) is 5.10 Å². The van der Waals surface area contributed by atoms with Gasteiger partial charge in [0.15, 0.2) is 11.5 Å². The Labute approximate surface area is 130 Å². The Morgan fingerprint density at radius 3 is 3.18 bits per heavy atom. The molecule has 0 spiro atoms. The highest BCUT2D eigenvalue weighted by atomic mass is 35.5. The summed E-state index contributed by atoms with van der Waals surface area (Å²) in [5, 5.41) is 7.41. The van der Waals surface area contributed by atoms with Crippen LogP contribution in [-0.2, 0) is 9.47 Å². The Balaban J connectivity index is 1.70. The predicted octanol–water partition coefficient (Wildman–Crippen LogP) is 2.25. The molecule has 2 aromatic rings. The summed E-state index contributed by atoms with van der Waals surface area (Å²) >= 11 is 5.72. The van der Waals surface area contributed by atoms with Gasteiger partial charge < -0.3 is 9.47 Å². The zero-order chi connectivity index (χ0) is 15.5. The van der Waals surface area contributed by atoms with Gasteiger partial charge in [0.05, 0.1) is 24.4 Å². The Morgan fingerprint density at radius 1 is 1.55 bits per heavy atom. The first-order valence-corrected chi connectivity index (χ1v) is 7.14. The molecule has 1 aliphatic rings. The van der Waals surface area contributed by atoms with Gasteiger partial charge in [0, 0.05) is 12.5 Å². The second-order valence-electron chi connectivity index (χ2n) is 4.95. The molecule has 6 nitrogen and oxygen atoms in total. The average molecular weight is 326 g/mol. The smallest absolute Gasteiger partial charge is 0.360 e. The molecular weight excluding hydrogens is 313 g/mol. The van der Waals surface area contributed by atoms with Gasteiger partial charge in [-0.25, -0.2) is 13.9 Å². The second kappa shape index (κ2) is 6.41. The molecule has 1 aromatic carbocycles. The maximum absolute atomic E-state index is 13.9. The van der Waals surface area contributed by atoms with Crippen LogP contribution in [0.25, 0.3) is 5.69 Å². The molecule has 1 atom stereocenters. The van der Waals surface area contributed by atoms with E-state index in [1.54, 1.807) is 6.07 Å². The molecular formula is C14H13ClFN3O3. The minimum atomic E-state index is -0.628. The van der Waals surface area contributed by atoms with Crippen molar-refractivity contribution in [1.82, 2.24) is 15.0 Å². The predicted molar refractivity (Wildman–Crippen MR) is 75.5 cm³/mol. The highest BCUT2D eigenvalue weighted by Crippen LogP contribution is 2.20. The van der Waals surface area contributed by atoms with Crippen molar-refractivity contribution in [3.8, 4) is 5.69 Å². The van der Waals surface area contributed by atoms with Crippen molar-refractivity contribution in [1.29, 1.82) is 0 Å². The molecule has 0 aliphatic carbocycles. The number of benzene rings is 1. The lowest BCUT2D eigenvalue weighted by Crippen LogP contribution is -2.14. The maximum Gasteiger partial charge on any atom is 0.360 e. The summed E-state index contributed by atoms with van der Waals surface area (Å²) < 4.78 is 25.4. The van der Waals surface area contributed by atoms with Crippen molar-refractivity contribution >= 4 is 17.6 Å². The molecule has 1 unspecified atom stereocenters. The molecule has 1 saturated heterocycles. The van der Waals surface area contributed by atoms with Gasteiger partial charge in [-0.05, 0) is 18.6 Å². The molecule has 0 saturated carbocycles. The first-order chi connectivity index (χ1) is 10.6. The Bertz CT molecular complexity index is 686. The summed E-state index contributed by atoms with van der Waals surface area (Å²) in [7, 11) is 0. The van der Waals surface area contributed by atoms with Gasteiger partial charge in [-0.3, -0.25) is 0 Å². The van der Waals surface area contributed by atoms with Crippen molar-refractivity contribution in [3.63, 3.8) is 0 Å². The van der Waals surface area contributed by atoms with Crippen LogP contribution in [0, 0.1) is 11.7 Å². The molecule has 0 bridgehead atoms. The summed E-state index contributed by atoms with van der Waals surface area (Å²) in [5.74, 6) is -1.01. The number of hydrogen-bond acceptors (Lipinski definition) is 5. The summed E-state index contributed by atoms with van der Waals surface area (Å²) in [4.78, 5) is 11.9. The number of carbonyl (C=O) groups is 1. The van der Waals surface area contributed by atoms with Crippen molar-refractivity contribution in [2.45, 2.75) is 6.42 Å². The standard InChI is InChI=1S/C14H13ClFN3O3/c15-10-2-1-3-12(13(10)16)19-6-11(17-18-19)14(20)22-8-9-4-5-21-7-9/h1-3,6,9H,4-5,7-8H2. The topological polar surface area (TPSA) is 66.2 Å². The van der Waals surface area contributed by atoms with E-state index >= 15 is 0 Å². The van der Waals surface area contributed by atoms with Crippen LogP contribution in [0.4, 0.5) is 4.39 Å². The van der Waals surface area contributed by atoms with Crippen LogP contribution < -0.4 is 0 Å². The van der Waals surface area contributed by atoms with E-state index in [0.717, 1.165) is 11.1 Å². The molecule has 3 rings (SSSR count). The van der Waals surface area contributed by atoms with E-state index in [0.29, 0.717) is 13.2 Å². The molecule has 0 amide bonds. The highest BCUT2D eigenvalue weighted by Gasteiger charge is 2.20. The van der Waals surface area contributed by atoms with Crippen molar-refractivity contribution < 1.29 is 18.7 Å². The number of nitrogens with zero attached hydrogens (tertiary/aromatic N) is 3. The number of carbonyl (C=O) groups excluding carboxylic acids is 1. The third-order valence-electron chi connectivity index (χ3n) is 3.35. The lowest BCUT2D eigenvalue weighted by molar-refractivity contribution is 0.0421. The molecule has 22 heavy (non-hydrogen) atoms. The fourth-order valence-corrected chi connectivity index (χ4v) is 2.30. The number of halogens is 2. The second-order valence-corrected chi connectivity index (χ2v) is 5.36. The van der Waals surface area contributed by atoms with Gasteiger partial charge in [0.2, 0.25) is 0 Å². The molecule has 1 aromatic heterocycles. The number of rotatable bonds is 4. The molecule has 1 fully saturated rings. The summed E-state index contributed by atoms with van der Waals surface area (Å²) in [5.41, 5.74) is 0.126. The third kappa shape index (κ3) is 3.10. The van der Waals surface area contributed by atoms with Crippen LogP contribution in [0.3, 0.4) is 0 Å². The molecule has 8 heteroatoms. The minimum Gasteiger partial charge on any atom is -0.460 e. The van der Waals surface area contributed by atoms with Gasteiger partial charge in [-0.2, -0.15) is 0 Å². The highest BCUT2D eigenvalue weighted by molar-refractivity contribution is 6.30. The van der Waals surface area contributed by atoms with Crippen LogP contribution in [-0.4, -0.2) is 40.8 Å². The summed E-state index contributed by atoms with van der Waals surface area (Å²) in [6, 6.07) is 4.50. The molecule has 0 radical (unpaired) electrons. The van der Waals surface area contributed by atoms with E-state index in [9.17, 15) is 9.18 Å². The first-order valence-electron chi connectivity index (χ1n) is 6.77. The largest absolute Gasteiger partial charge is 0.460 e.